The minimum absolute atomic E-state index is 0.0543. The Balaban J connectivity index is 1.33. The van der Waals surface area contributed by atoms with Crippen molar-refractivity contribution in [3.63, 3.8) is 0 Å². The summed E-state index contributed by atoms with van der Waals surface area (Å²) in [6.45, 7) is 2.77. The van der Waals surface area contributed by atoms with Gasteiger partial charge < -0.3 is 10.2 Å². The molecule has 3 atom stereocenters. The zero-order valence-corrected chi connectivity index (χ0v) is 14.3. The second-order valence-corrected chi connectivity index (χ2v) is 7.28. The number of nitrogens with zero attached hydrogens (tertiary/aromatic N) is 2. The van der Waals surface area contributed by atoms with Crippen molar-refractivity contribution in [3.8, 4) is 0 Å². The van der Waals surface area contributed by atoms with E-state index in [-0.39, 0.29) is 36.6 Å². The molecule has 3 saturated heterocycles. The van der Waals surface area contributed by atoms with E-state index < -0.39 is 6.03 Å². The first kappa shape index (κ1) is 17.0. The van der Waals surface area contributed by atoms with Gasteiger partial charge in [0.2, 0.25) is 11.8 Å². The fraction of sp³-hybridized carbons (Fsp3) is 0.500. The fourth-order valence-corrected chi connectivity index (χ4v) is 4.22. The monoisotopic (exact) mass is 360 g/mol. The van der Waals surface area contributed by atoms with Gasteiger partial charge in [-0.25, -0.2) is 9.18 Å². The third-order valence-electron chi connectivity index (χ3n) is 5.54. The van der Waals surface area contributed by atoms with Gasteiger partial charge in [-0.05, 0) is 23.5 Å². The van der Waals surface area contributed by atoms with Crippen LogP contribution in [-0.2, 0) is 16.0 Å². The lowest BCUT2D eigenvalue weighted by molar-refractivity contribution is -0.129. The highest BCUT2D eigenvalue weighted by Crippen LogP contribution is 2.33. The lowest BCUT2D eigenvalue weighted by atomic mass is 10.0. The van der Waals surface area contributed by atoms with Gasteiger partial charge in [0.05, 0.1) is 19.0 Å². The van der Waals surface area contributed by atoms with Crippen molar-refractivity contribution in [2.24, 2.45) is 11.8 Å². The maximum Gasteiger partial charge on any atom is 0.322 e. The van der Waals surface area contributed by atoms with Crippen LogP contribution in [0.5, 0.6) is 0 Å². The predicted molar refractivity (Wildman–Crippen MR) is 90.3 cm³/mol. The number of urea groups is 1. The van der Waals surface area contributed by atoms with Gasteiger partial charge in [0.1, 0.15) is 5.82 Å². The number of benzene rings is 1. The topological polar surface area (TPSA) is 81.8 Å². The minimum atomic E-state index is -0.454. The summed E-state index contributed by atoms with van der Waals surface area (Å²) in [6.07, 6.45) is 0.0555. The Kier molecular flexibility index (Phi) is 4.36. The average molecular weight is 360 g/mol. The molecule has 3 fully saturated rings. The maximum atomic E-state index is 13.7. The average Bonchev–Trinajstić information content (AvgIpc) is 3.15. The minimum Gasteiger partial charge on any atom is -0.342 e. The van der Waals surface area contributed by atoms with Gasteiger partial charge in [0.15, 0.2) is 0 Å². The van der Waals surface area contributed by atoms with Crippen molar-refractivity contribution in [3.05, 3.63) is 35.6 Å². The summed E-state index contributed by atoms with van der Waals surface area (Å²) in [5.74, 6) is -0.0282. The normalized spacial score (nSPS) is 28.7. The number of halogens is 1. The van der Waals surface area contributed by atoms with Crippen LogP contribution in [-0.4, -0.2) is 60.0 Å². The molecule has 4 rings (SSSR count). The van der Waals surface area contributed by atoms with Gasteiger partial charge in [-0.3, -0.25) is 19.8 Å². The van der Waals surface area contributed by atoms with Crippen LogP contribution in [0.2, 0.25) is 0 Å². The SMILES string of the molecule is O=C1CC(N2CC3CN(C(=O)Cc4ccccc4F)CC3C2)NC(=O)N1. The summed E-state index contributed by atoms with van der Waals surface area (Å²) in [5.41, 5.74) is 0.423. The van der Waals surface area contributed by atoms with Crippen LogP contribution in [0.25, 0.3) is 0 Å². The van der Waals surface area contributed by atoms with E-state index in [1.54, 1.807) is 18.2 Å². The van der Waals surface area contributed by atoms with Crippen LogP contribution in [0, 0.1) is 17.7 Å². The quantitative estimate of drug-likeness (QED) is 0.813. The number of hydrogen-bond acceptors (Lipinski definition) is 4. The summed E-state index contributed by atoms with van der Waals surface area (Å²) < 4.78 is 13.7. The highest BCUT2D eigenvalue weighted by atomic mass is 19.1. The van der Waals surface area contributed by atoms with E-state index in [9.17, 15) is 18.8 Å². The second kappa shape index (κ2) is 6.68. The van der Waals surface area contributed by atoms with Gasteiger partial charge in [0.25, 0.3) is 0 Å². The molecule has 4 amide bonds. The van der Waals surface area contributed by atoms with E-state index in [0.29, 0.717) is 30.5 Å². The molecule has 0 saturated carbocycles. The molecular formula is C18H21FN4O3. The van der Waals surface area contributed by atoms with Gasteiger partial charge in [-0.2, -0.15) is 0 Å². The molecule has 0 aliphatic carbocycles. The Morgan fingerprint density at radius 1 is 1.12 bits per heavy atom. The van der Waals surface area contributed by atoms with E-state index in [2.05, 4.69) is 15.5 Å². The van der Waals surface area contributed by atoms with Gasteiger partial charge in [0, 0.05) is 26.2 Å². The maximum absolute atomic E-state index is 13.7. The Morgan fingerprint density at radius 2 is 1.81 bits per heavy atom. The number of fused-ring (bicyclic) bond motifs is 1. The molecule has 0 aromatic heterocycles. The van der Waals surface area contributed by atoms with E-state index in [0.717, 1.165) is 13.1 Å². The first-order valence-corrected chi connectivity index (χ1v) is 8.85. The van der Waals surface area contributed by atoms with Crippen LogP contribution in [0.3, 0.4) is 0 Å². The Morgan fingerprint density at radius 3 is 2.46 bits per heavy atom. The van der Waals surface area contributed by atoms with Crippen molar-refractivity contribution in [2.75, 3.05) is 26.2 Å². The van der Waals surface area contributed by atoms with Crippen LogP contribution < -0.4 is 10.6 Å². The largest absolute Gasteiger partial charge is 0.342 e. The van der Waals surface area contributed by atoms with E-state index in [4.69, 9.17) is 0 Å². The molecule has 3 aliphatic heterocycles. The zero-order chi connectivity index (χ0) is 18.3. The molecule has 2 N–H and O–H groups in total. The lowest BCUT2D eigenvalue weighted by Gasteiger charge is -2.32. The first-order valence-electron chi connectivity index (χ1n) is 8.85. The number of carbonyl (C=O) groups is 3. The smallest absolute Gasteiger partial charge is 0.322 e. The third-order valence-corrected chi connectivity index (χ3v) is 5.54. The number of amides is 4. The molecule has 8 heteroatoms. The summed E-state index contributed by atoms with van der Waals surface area (Å²) in [5, 5.41) is 5.02. The number of carbonyl (C=O) groups excluding carboxylic acids is 3. The number of imide groups is 1. The number of hydrogen-bond donors (Lipinski definition) is 2. The van der Waals surface area contributed by atoms with Crippen molar-refractivity contribution < 1.29 is 18.8 Å². The van der Waals surface area contributed by atoms with Crippen LogP contribution in [0.1, 0.15) is 12.0 Å². The van der Waals surface area contributed by atoms with E-state index >= 15 is 0 Å². The summed E-state index contributed by atoms with van der Waals surface area (Å²) in [7, 11) is 0. The Bertz CT molecular complexity index is 726. The van der Waals surface area contributed by atoms with Gasteiger partial charge in [-0.1, -0.05) is 18.2 Å². The highest BCUT2D eigenvalue weighted by Gasteiger charge is 2.44. The van der Waals surface area contributed by atoms with Crippen LogP contribution in [0.15, 0.2) is 24.3 Å². The van der Waals surface area contributed by atoms with E-state index in [1.807, 2.05) is 4.90 Å². The molecule has 7 nitrogen and oxygen atoms in total. The highest BCUT2D eigenvalue weighted by molar-refractivity contribution is 5.97. The van der Waals surface area contributed by atoms with Gasteiger partial charge in [-0.15, -0.1) is 0 Å². The molecule has 26 heavy (non-hydrogen) atoms. The number of likely N-dealkylation sites (tertiary alicyclic amines) is 2. The van der Waals surface area contributed by atoms with Crippen LogP contribution >= 0.6 is 0 Å². The standard InChI is InChI=1S/C18H21FN4O3/c19-14-4-2-1-3-11(14)5-17(25)23-9-12-7-22(8-13(12)10-23)15-6-16(24)21-18(26)20-15/h1-4,12-13,15H,5-10H2,(H2,20,21,24,26). The molecule has 3 unspecified atom stereocenters. The molecular weight excluding hydrogens is 339 g/mol. The fourth-order valence-electron chi connectivity index (χ4n) is 4.22. The molecule has 0 radical (unpaired) electrons. The molecule has 0 spiro atoms. The molecule has 3 heterocycles. The zero-order valence-electron chi connectivity index (χ0n) is 14.3. The van der Waals surface area contributed by atoms with Crippen molar-refractivity contribution >= 4 is 17.8 Å². The second-order valence-electron chi connectivity index (χ2n) is 7.28. The van der Waals surface area contributed by atoms with Crippen molar-refractivity contribution in [2.45, 2.75) is 19.0 Å². The number of nitrogens with one attached hydrogen (secondary N) is 2. The first-order chi connectivity index (χ1) is 12.5. The van der Waals surface area contributed by atoms with Crippen LogP contribution in [0.4, 0.5) is 9.18 Å². The van der Waals surface area contributed by atoms with Crippen molar-refractivity contribution in [1.29, 1.82) is 0 Å². The van der Waals surface area contributed by atoms with Gasteiger partial charge >= 0.3 is 6.03 Å². The Labute approximate surface area is 150 Å². The molecule has 1 aromatic rings. The van der Waals surface area contributed by atoms with E-state index in [1.165, 1.54) is 6.07 Å². The molecule has 138 valence electrons. The number of rotatable bonds is 3. The Hall–Kier alpha value is -2.48. The van der Waals surface area contributed by atoms with Crippen molar-refractivity contribution in [1.82, 2.24) is 20.4 Å². The summed E-state index contributed by atoms with van der Waals surface area (Å²) in [4.78, 5) is 39.5. The molecule has 3 aliphatic rings. The third kappa shape index (κ3) is 3.29. The molecule has 0 bridgehead atoms. The molecule has 1 aromatic carbocycles. The summed E-state index contributed by atoms with van der Waals surface area (Å²) in [6, 6.07) is 5.90. The predicted octanol–water partition coefficient (Wildman–Crippen LogP) is 0.314. The summed E-state index contributed by atoms with van der Waals surface area (Å²) >= 11 is 0. The lowest BCUT2D eigenvalue weighted by Crippen LogP contribution is -2.58.